The monoisotopic (exact) mass is 369 g/mol. The number of hydrogen-bond donors (Lipinski definition) is 1. The Morgan fingerprint density at radius 3 is 2.52 bits per heavy atom. The minimum absolute atomic E-state index is 0.00392. The molecule has 9 heteroatoms. The molecule has 138 valence electrons. The van der Waals surface area contributed by atoms with Gasteiger partial charge in [-0.2, -0.15) is 5.26 Å². The predicted molar refractivity (Wildman–Crippen MR) is 93.9 cm³/mol. The lowest BCUT2D eigenvalue weighted by Crippen LogP contribution is -2.31. The van der Waals surface area contributed by atoms with Gasteiger partial charge < -0.3 is 14.8 Å². The number of nitro groups is 1. The van der Waals surface area contributed by atoms with Gasteiger partial charge in [-0.15, -0.1) is 0 Å². The highest BCUT2D eigenvalue weighted by atomic mass is 16.6. The first-order chi connectivity index (χ1) is 12.9. The molecule has 2 aromatic rings. The van der Waals surface area contributed by atoms with Gasteiger partial charge in [0.15, 0.2) is 12.7 Å². The van der Waals surface area contributed by atoms with Crippen molar-refractivity contribution in [2.24, 2.45) is 0 Å². The van der Waals surface area contributed by atoms with Crippen LogP contribution in [0.3, 0.4) is 0 Å². The molecule has 9 nitrogen and oxygen atoms in total. The van der Waals surface area contributed by atoms with Crippen molar-refractivity contribution in [3.05, 3.63) is 64.2 Å². The van der Waals surface area contributed by atoms with E-state index in [4.69, 9.17) is 14.7 Å². The number of carbonyl (C=O) groups excluding carboxylic acids is 2. The molecule has 1 N–H and O–H groups in total. The Morgan fingerprint density at radius 2 is 1.89 bits per heavy atom. The Labute approximate surface area is 154 Å². The molecule has 0 saturated heterocycles. The van der Waals surface area contributed by atoms with Crippen molar-refractivity contribution in [1.82, 2.24) is 0 Å². The number of esters is 1. The average molecular weight is 369 g/mol. The first kappa shape index (κ1) is 19.4. The topological polar surface area (TPSA) is 132 Å². The van der Waals surface area contributed by atoms with E-state index in [0.29, 0.717) is 11.3 Å². The second-order valence-electron chi connectivity index (χ2n) is 5.32. The number of para-hydroxylation sites is 2. The zero-order valence-electron chi connectivity index (χ0n) is 14.2. The molecule has 0 saturated carbocycles. The number of rotatable bonds is 7. The van der Waals surface area contributed by atoms with Crippen LogP contribution in [0.15, 0.2) is 48.5 Å². The number of nitrogens with zero attached hydrogens (tertiary/aromatic N) is 2. The highest BCUT2D eigenvalue weighted by Crippen LogP contribution is 2.23. The summed E-state index contributed by atoms with van der Waals surface area (Å²) >= 11 is 0. The van der Waals surface area contributed by atoms with Crippen LogP contribution >= 0.6 is 0 Å². The third-order valence-corrected chi connectivity index (χ3v) is 3.38. The quantitative estimate of drug-likeness (QED) is 0.450. The van der Waals surface area contributed by atoms with Gasteiger partial charge >= 0.3 is 5.97 Å². The third-order valence-electron chi connectivity index (χ3n) is 3.38. The summed E-state index contributed by atoms with van der Waals surface area (Å²) in [6.07, 6.45) is -1.18. The lowest BCUT2D eigenvalue weighted by atomic mass is 10.2. The molecule has 2 rings (SSSR count). The lowest BCUT2D eigenvalue weighted by Gasteiger charge is -2.14. The van der Waals surface area contributed by atoms with Gasteiger partial charge in [-0.25, -0.2) is 4.79 Å². The number of amides is 1. The van der Waals surface area contributed by atoms with Crippen LogP contribution in [0.4, 0.5) is 11.4 Å². The summed E-state index contributed by atoms with van der Waals surface area (Å²) in [6, 6.07) is 13.7. The van der Waals surface area contributed by atoms with E-state index in [0.717, 1.165) is 0 Å². The zero-order valence-corrected chi connectivity index (χ0v) is 14.2. The van der Waals surface area contributed by atoms with Crippen LogP contribution in [0, 0.1) is 21.4 Å². The molecule has 0 spiro atoms. The SMILES string of the molecule is C[C@H](OC(=O)COc1ccc(C#N)cc1)C(=O)Nc1ccccc1[N+](=O)[O-]. The third kappa shape index (κ3) is 5.54. The van der Waals surface area contributed by atoms with E-state index in [2.05, 4.69) is 5.32 Å². The van der Waals surface area contributed by atoms with Gasteiger partial charge in [0, 0.05) is 6.07 Å². The van der Waals surface area contributed by atoms with Gasteiger partial charge in [0.2, 0.25) is 0 Å². The molecule has 2 aromatic carbocycles. The van der Waals surface area contributed by atoms with E-state index in [1.165, 1.54) is 55.5 Å². The lowest BCUT2D eigenvalue weighted by molar-refractivity contribution is -0.383. The van der Waals surface area contributed by atoms with Crippen LogP contribution < -0.4 is 10.1 Å². The second-order valence-corrected chi connectivity index (χ2v) is 5.32. The second kappa shape index (κ2) is 8.96. The molecule has 0 radical (unpaired) electrons. The van der Waals surface area contributed by atoms with E-state index in [1.807, 2.05) is 6.07 Å². The number of benzene rings is 2. The van der Waals surface area contributed by atoms with E-state index < -0.39 is 29.5 Å². The van der Waals surface area contributed by atoms with Gasteiger partial charge in [0.1, 0.15) is 11.4 Å². The van der Waals surface area contributed by atoms with Gasteiger partial charge in [0.25, 0.3) is 11.6 Å². The Balaban J connectivity index is 1.87. The standard InChI is InChI=1S/C18H15N3O6/c1-12(18(23)20-15-4-2-3-5-16(15)21(24)25)27-17(22)11-26-14-8-6-13(10-19)7-9-14/h2-9,12H,11H2,1H3,(H,20,23)/t12-/m0/s1. The minimum atomic E-state index is -1.18. The first-order valence-electron chi connectivity index (χ1n) is 7.77. The van der Waals surface area contributed by atoms with Crippen molar-refractivity contribution in [1.29, 1.82) is 5.26 Å². The molecule has 0 fully saturated rings. The number of nitriles is 1. The maximum absolute atomic E-state index is 12.1. The molecule has 0 aliphatic heterocycles. The summed E-state index contributed by atoms with van der Waals surface area (Å²) in [5, 5.41) is 22.0. The number of nitro benzene ring substituents is 1. The molecule has 0 aliphatic rings. The van der Waals surface area contributed by atoms with Crippen molar-refractivity contribution in [2.45, 2.75) is 13.0 Å². The van der Waals surface area contributed by atoms with E-state index in [1.54, 1.807) is 0 Å². The average Bonchev–Trinajstić information content (AvgIpc) is 2.67. The summed E-state index contributed by atoms with van der Waals surface area (Å²) in [6.45, 7) is 0.902. The molecular weight excluding hydrogens is 354 g/mol. The van der Waals surface area contributed by atoms with Crippen LogP contribution in [-0.2, 0) is 14.3 Å². The Morgan fingerprint density at radius 1 is 1.22 bits per heavy atom. The highest BCUT2D eigenvalue weighted by molar-refractivity contribution is 5.96. The maximum Gasteiger partial charge on any atom is 0.344 e. The summed E-state index contributed by atoms with van der Waals surface area (Å²) in [4.78, 5) is 34.2. The molecule has 1 amide bonds. The van der Waals surface area contributed by atoms with Crippen molar-refractivity contribution in [2.75, 3.05) is 11.9 Å². The largest absolute Gasteiger partial charge is 0.482 e. The number of nitrogens with one attached hydrogen (secondary N) is 1. The van der Waals surface area contributed by atoms with Crippen molar-refractivity contribution in [3.63, 3.8) is 0 Å². The zero-order chi connectivity index (χ0) is 19.8. The molecule has 27 heavy (non-hydrogen) atoms. The number of anilines is 1. The number of ether oxygens (including phenoxy) is 2. The van der Waals surface area contributed by atoms with Crippen LogP contribution in [0.1, 0.15) is 12.5 Å². The van der Waals surface area contributed by atoms with Crippen molar-refractivity contribution >= 4 is 23.3 Å². The first-order valence-corrected chi connectivity index (χ1v) is 7.77. The maximum atomic E-state index is 12.1. The summed E-state index contributed by atoms with van der Waals surface area (Å²) in [7, 11) is 0. The Hall–Kier alpha value is -3.93. The van der Waals surface area contributed by atoms with Crippen LogP contribution in [-0.4, -0.2) is 29.5 Å². The smallest absolute Gasteiger partial charge is 0.344 e. The van der Waals surface area contributed by atoms with Crippen molar-refractivity contribution < 1.29 is 24.0 Å². The fourth-order valence-electron chi connectivity index (χ4n) is 2.03. The molecule has 0 bridgehead atoms. The fourth-order valence-corrected chi connectivity index (χ4v) is 2.03. The molecule has 0 heterocycles. The van der Waals surface area contributed by atoms with E-state index in [-0.39, 0.29) is 11.4 Å². The number of hydrogen-bond acceptors (Lipinski definition) is 7. The van der Waals surface area contributed by atoms with Gasteiger partial charge in [0.05, 0.1) is 16.6 Å². The molecule has 1 atom stereocenters. The predicted octanol–water partition coefficient (Wildman–Crippen LogP) is 2.42. The van der Waals surface area contributed by atoms with Crippen LogP contribution in [0.2, 0.25) is 0 Å². The summed E-state index contributed by atoms with van der Waals surface area (Å²) < 4.78 is 10.2. The minimum Gasteiger partial charge on any atom is -0.482 e. The van der Waals surface area contributed by atoms with Gasteiger partial charge in [-0.05, 0) is 37.3 Å². The Bertz CT molecular complexity index is 889. The normalized spacial score (nSPS) is 11.0. The molecular formula is C18H15N3O6. The van der Waals surface area contributed by atoms with Crippen molar-refractivity contribution in [3.8, 4) is 11.8 Å². The van der Waals surface area contributed by atoms with Crippen LogP contribution in [0.5, 0.6) is 5.75 Å². The number of carbonyl (C=O) groups is 2. The summed E-state index contributed by atoms with van der Waals surface area (Å²) in [5.74, 6) is -1.14. The van der Waals surface area contributed by atoms with Gasteiger partial charge in [-0.3, -0.25) is 14.9 Å². The van der Waals surface area contributed by atoms with E-state index in [9.17, 15) is 19.7 Å². The van der Waals surface area contributed by atoms with E-state index >= 15 is 0 Å². The Kier molecular flexibility index (Phi) is 6.44. The molecule has 0 aliphatic carbocycles. The summed E-state index contributed by atoms with van der Waals surface area (Å²) in [5.41, 5.74) is 0.183. The fraction of sp³-hybridized carbons (Fsp3) is 0.167. The van der Waals surface area contributed by atoms with Crippen LogP contribution in [0.25, 0.3) is 0 Å². The van der Waals surface area contributed by atoms with Gasteiger partial charge in [-0.1, -0.05) is 12.1 Å². The molecule has 0 unspecified atom stereocenters. The molecule has 0 aromatic heterocycles. The highest BCUT2D eigenvalue weighted by Gasteiger charge is 2.21.